The molecule has 1 aromatic heterocycles. The fourth-order valence-corrected chi connectivity index (χ4v) is 2.11. The maximum absolute atomic E-state index is 11.5. The zero-order valence-corrected chi connectivity index (χ0v) is 11.9. The second-order valence-electron chi connectivity index (χ2n) is 4.89. The van der Waals surface area contributed by atoms with E-state index in [0.717, 1.165) is 17.0 Å². The Kier molecular flexibility index (Phi) is 4.10. The molecule has 20 heavy (non-hydrogen) atoms. The highest BCUT2D eigenvalue weighted by atomic mass is 16.4. The standard InChI is InChI=1S/C15H19N3O2/c1-10-5-4-6-12(7-10)18(3)9-13-8-11(2)14(20-13)15(19)17-16/h4-8H,9,16H2,1-3H3,(H,17,19). The molecule has 0 spiro atoms. The molecule has 0 aliphatic heterocycles. The van der Waals surface area contributed by atoms with E-state index in [-0.39, 0.29) is 5.76 Å². The minimum atomic E-state index is -0.410. The summed E-state index contributed by atoms with van der Waals surface area (Å²) in [5, 5.41) is 0. The molecule has 0 aliphatic rings. The number of nitrogens with two attached hydrogens (primary N) is 1. The second kappa shape index (κ2) is 5.79. The monoisotopic (exact) mass is 273 g/mol. The first-order valence-corrected chi connectivity index (χ1v) is 6.39. The van der Waals surface area contributed by atoms with Gasteiger partial charge in [-0.05, 0) is 37.6 Å². The zero-order chi connectivity index (χ0) is 14.7. The van der Waals surface area contributed by atoms with Gasteiger partial charge in [0.25, 0.3) is 0 Å². The van der Waals surface area contributed by atoms with Crippen LogP contribution in [0.15, 0.2) is 34.7 Å². The number of rotatable bonds is 4. The van der Waals surface area contributed by atoms with Crippen molar-refractivity contribution in [2.75, 3.05) is 11.9 Å². The molecule has 0 aliphatic carbocycles. The highest BCUT2D eigenvalue weighted by molar-refractivity contribution is 5.92. The van der Waals surface area contributed by atoms with Crippen LogP contribution in [0.3, 0.4) is 0 Å². The molecule has 3 N–H and O–H groups in total. The van der Waals surface area contributed by atoms with Crippen molar-refractivity contribution in [2.24, 2.45) is 5.84 Å². The number of furan rings is 1. The maximum Gasteiger partial charge on any atom is 0.301 e. The van der Waals surface area contributed by atoms with Crippen molar-refractivity contribution in [1.82, 2.24) is 5.43 Å². The van der Waals surface area contributed by atoms with Crippen molar-refractivity contribution in [3.8, 4) is 0 Å². The van der Waals surface area contributed by atoms with Crippen molar-refractivity contribution in [3.63, 3.8) is 0 Å². The van der Waals surface area contributed by atoms with Crippen LogP contribution in [-0.2, 0) is 6.54 Å². The third kappa shape index (κ3) is 3.00. The number of nitrogen functional groups attached to an aromatic ring is 1. The molecule has 106 valence electrons. The van der Waals surface area contributed by atoms with Gasteiger partial charge in [0, 0.05) is 18.3 Å². The predicted molar refractivity (Wildman–Crippen MR) is 78.4 cm³/mol. The fraction of sp³-hybridized carbons (Fsp3) is 0.267. The number of anilines is 1. The Labute approximate surface area is 118 Å². The summed E-state index contributed by atoms with van der Waals surface area (Å²) in [6.07, 6.45) is 0. The average molecular weight is 273 g/mol. The molecule has 0 saturated heterocycles. The number of carbonyl (C=O) groups is 1. The van der Waals surface area contributed by atoms with Crippen molar-refractivity contribution in [1.29, 1.82) is 0 Å². The highest BCUT2D eigenvalue weighted by Gasteiger charge is 2.15. The SMILES string of the molecule is Cc1cccc(N(C)Cc2cc(C)c(C(=O)NN)o2)c1. The number of nitrogens with one attached hydrogen (secondary N) is 1. The molecule has 1 heterocycles. The van der Waals surface area contributed by atoms with Gasteiger partial charge in [-0.2, -0.15) is 0 Å². The minimum Gasteiger partial charge on any atom is -0.454 e. The van der Waals surface area contributed by atoms with Gasteiger partial charge in [0.1, 0.15) is 5.76 Å². The summed E-state index contributed by atoms with van der Waals surface area (Å²) in [4.78, 5) is 13.6. The van der Waals surface area contributed by atoms with Crippen molar-refractivity contribution in [3.05, 3.63) is 53.0 Å². The van der Waals surface area contributed by atoms with Gasteiger partial charge in [-0.15, -0.1) is 0 Å². The van der Waals surface area contributed by atoms with Crippen LogP contribution in [0.4, 0.5) is 5.69 Å². The summed E-state index contributed by atoms with van der Waals surface area (Å²) >= 11 is 0. The molecule has 0 saturated carbocycles. The Morgan fingerprint density at radius 1 is 1.35 bits per heavy atom. The molecule has 0 atom stereocenters. The third-order valence-electron chi connectivity index (χ3n) is 3.14. The van der Waals surface area contributed by atoms with Crippen LogP contribution >= 0.6 is 0 Å². The van der Waals surface area contributed by atoms with E-state index in [1.165, 1.54) is 5.56 Å². The van der Waals surface area contributed by atoms with Crippen LogP contribution in [0, 0.1) is 13.8 Å². The van der Waals surface area contributed by atoms with Crippen LogP contribution in [-0.4, -0.2) is 13.0 Å². The largest absolute Gasteiger partial charge is 0.454 e. The van der Waals surface area contributed by atoms with Crippen LogP contribution in [0.5, 0.6) is 0 Å². The maximum atomic E-state index is 11.5. The molecular formula is C15H19N3O2. The molecule has 2 aromatic rings. The Morgan fingerprint density at radius 3 is 2.75 bits per heavy atom. The van der Waals surface area contributed by atoms with Crippen molar-refractivity contribution in [2.45, 2.75) is 20.4 Å². The van der Waals surface area contributed by atoms with Gasteiger partial charge in [-0.1, -0.05) is 12.1 Å². The topological polar surface area (TPSA) is 71.5 Å². The number of hydrazine groups is 1. The number of nitrogens with zero attached hydrogens (tertiary/aromatic N) is 1. The van der Waals surface area contributed by atoms with Crippen molar-refractivity contribution < 1.29 is 9.21 Å². The molecule has 0 fully saturated rings. The quantitative estimate of drug-likeness (QED) is 0.508. The Morgan fingerprint density at radius 2 is 2.10 bits per heavy atom. The van der Waals surface area contributed by atoms with Crippen LogP contribution in [0.2, 0.25) is 0 Å². The minimum absolute atomic E-state index is 0.264. The predicted octanol–water partition coefficient (Wildman–Crippen LogP) is 2.14. The van der Waals surface area contributed by atoms with Gasteiger partial charge in [-0.3, -0.25) is 10.2 Å². The highest BCUT2D eigenvalue weighted by Crippen LogP contribution is 2.20. The second-order valence-corrected chi connectivity index (χ2v) is 4.89. The summed E-state index contributed by atoms with van der Waals surface area (Å²) < 4.78 is 5.56. The van der Waals surface area contributed by atoms with E-state index in [1.807, 2.05) is 32.2 Å². The Bertz CT molecular complexity index is 619. The number of aryl methyl sites for hydroxylation is 2. The summed E-state index contributed by atoms with van der Waals surface area (Å²) in [5.74, 6) is 5.70. The smallest absolute Gasteiger partial charge is 0.301 e. The lowest BCUT2D eigenvalue weighted by Gasteiger charge is -2.18. The lowest BCUT2D eigenvalue weighted by Crippen LogP contribution is -2.30. The number of carbonyl (C=O) groups excluding carboxylic acids is 1. The van der Waals surface area contributed by atoms with Crippen LogP contribution < -0.4 is 16.2 Å². The van der Waals surface area contributed by atoms with E-state index in [1.54, 1.807) is 0 Å². The lowest BCUT2D eigenvalue weighted by atomic mass is 10.2. The van der Waals surface area contributed by atoms with Gasteiger partial charge in [0.15, 0.2) is 5.76 Å². The molecule has 0 radical (unpaired) electrons. The van der Waals surface area contributed by atoms with E-state index >= 15 is 0 Å². The van der Waals surface area contributed by atoms with Gasteiger partial charge < -0.3 is 9.32 Å². The van der Waals surface area contributed by atoms with Gasteiger partial charge in [-0.25, -0.2) is 5.84 Å². The fourth-order valence-electron chi connectivity index (χ4n) is 2.11. The molecule has 5 nitrogen and oxygen atoms in total. The average Bonchev–Trinajstić information content (AvgIpc) is 2.78. The first-order chi connectivity index (χ1) is 9.51. The van der Waals surface area contributed by atoms with E-state index in [0.29, 0.717) is 6.54 Å². The van der Waals surface area contributed by atoms with Gasteiger partial charge in [0.2, 0.25) is 0 Å². The summed E-state index contributed by atoms with van der Waals surface area (Å²) in [6, 6.07) is 10.1. The summed E-state index contributed by atoms with van der Waals surface area (Å²) in [5.41, 5.74) is 5.16. The van der Waals surface area contributed by atoms with Gasteiger partial charge >= 0.3 is 5.91 Å². The number of benzene rings is 1. The molecular weight excluding hydrogens is 254 g/mol. The Hall–Kier alpha value is -2.27. The lowest BCUT2D eigenvalue weighted by molar-refractivity contribution is 0.0923. The normalized spacial score (nSPS) is 10.4. The molecule has 5 heteroatoms. The van der Waals surface area contributed by atoms with Crippen LogP contribution in [0.25, 0.3) is 0 Å². The zero-order valence-electron chi connectivity index (χ0n) is 11.9. The number of hydrogen-bond acceptors (Lipinski definition) is 4. The van der Waals surface area contributed by atoms with E-state index in [9.17, 15) is 4.79 Å². The Balaban J connectivity index is 2.16. The number of hydrogen-bond donors (Lipinski definition) is 2. The third-order valence-corrected chi connectivity index (χ3v) is 3.14. The van der Waals surface area contributed by atoms with E-state index in [2.05, 4.69) is 29.4 Å². The first kappa shape index (κ1) is 14.1. The number of amides is 1. The van der Waals surface area contributed by atoms with E-state index < -0.39 is 5.91 Å². The molecule has 0 bridgehead atoms. The molecule has 1 amide bonds. The summed E-state index contributed by atoms with van der Waals surface area (Å²) in [6.45, 7) is 4.46. The first-order valence-electron chi connectivity index (χ1n) is 6.39. The molecule has 2 rings (SSSR count). The van der Waals surface area contributed by atoms with Gasteiger partial charge in [0.05, 0.1) is 6.54 Å². The van der Waals surface area contributed by atoms with Crippen molar-refractivity contribution >= 4 is 11.6 Å². The van der Waals surface area contributed by atoms with E-state index in [4.69, 9.17) is 10.3 Å². The van der Waals surface area contributed by atoms with Crippen LogP contribution in [0.1, 0.15) is 27.4 Å². The summed E-state index contributed by atoms with van der Waals surface area (Å²) in [7, 11) is 1.98. The molecule has 1 aromatic carbocycles. The molecule has 0 unspecified atom stereocenters.